The summed E-state index contributed by atoms with van der Waals surface area (Å²) in [7, 11) is 1.41. The van der Waals surface area contributed by atoms with Gasteiger partial charge in [-0.05, 0) is 18.8 Å². The second kappa shape index (κ2) is 4.10. The first kappa shape index (κ1) is 9.05. The monoisotopic (exact) mass is 167 g/mol. The molecule has 66 valence electrons. The lowest BCUT2D eigenvalue weighted by molar-refractivity contribution is -0.146. The number of hydrogen-bond acceptors (Lipinski definition) is 3. The van der Waals surface area contributed by atoms with E-state index in [0.29, 0.717) is 6.42 Å². The molecule has 3 nitrogen and oxygen atoms in total. The molecular weight excluding hydrogens is 154 g/mol. The summed E-state index contributed by atoms with van der Waals surface area (Å²) in [5.41, 5.74) is 0. The Morgan fingerprint density at radius 3 is 3.00 bits per heavy atom. The van der Waals surface area contributed by atoms with Gasteiger partial charge in [-0.1, -0.05) is 6.42 Å². The number of carbonyl (C=O) groups is 1. The van der Waals surface area contributed by atoms with Gasteiger partial charge in [-0.3, -0.25) is 4.79 Å². The number of esters is 1. The lowest BCUT2D eigenvalue weighted by Crippen LogP contribution is -2.19. The molecule has 1 unspecified atom stereocenters. The number of hydrogen-bond donors (Lipinski definition) is 0. The summed E-state index contributed by atoms with van der Waals surface area (Å²) in [6.45, 7) is 0. The Balaban J connectivity index is 2.52. The average Bonchev–Trinajstić information content (AvgIpc) is 2.52. The number of nitriles is 1. The van der Waals surface area contributed by atoms with Crippen LogP contribution in [-0.2, 0) is 9.53 Å². The van der Waals surface area contributed by atoms with Crippen LogP contribution in [0.1, 0.15) is 25.7 Å². The van der Waals surface area contributed by atoms with Gasteiger partial charge in [0.1, 0.15) is 0 Å². The van der Waals surface area contributed by atoms with Crippen molar-refractivity contribution in [2.45, 2.75) is 25.7 Å². The summed E-state index contributed by atoms with van der Waals surface area (Å²) >= 11 is 0. The summed E-state index contributed by atoms with van der Waals surface area (Å²) in [6, 6.07) is 2.11. The number of carbonyl (C=O) groups excluding carboxylic acids is 1. The highest BCUT2D eigenvalue weighted by Gasteiger charge is 2.33. The number of ether oxygens (including phenoxy) is 1. The van der Waals surface area contributed by atoms with Crippen LogP contribution in [0.25, 0.3) is 0 Å². The highest BCUT2D eigenvalue weighted by Crippen LogP contribution is 2.34. The van der Waals surface area contributed by atoms with E-state index in [0.717, 1.165) is 19.3 Å². The van der Waals surface area contributed by atoms with Crippen LogP contribution in [0.5, 0.6) is 0 Å². The minimum Gasteiger partial charge on any atom is -0.469 e. The number of nitrogens with zero attached hydrogens (tertiary/aromatic N) is 1. The van der Waals surface area contributed by atoms with Gasteiger partial charge >= 0.3 is 5.97 Å². The van der Waals surface area contributed by atoms with Crippen molar-refractivity contribution >= 4 is 5.97 Å². The van der Waals surface area contributed by atoms with Crippen LogP contribution < -0.4 is 0 Å². The van der Waals surface area contributed by atoms with Gasteiger partial charge < -0.3 is 4.74 Å². The zero-order chi connectivity index (χ0) is 8.97. The predicted octanol–water partition coefficient (Wildman–Crippen LogP) is 1.49. The highest BCUT2D eigenvalue weighted by molar-refractivity contribution is 5.73. The molecule has 0 N–H and O–H groups in total. The van der Waals surface area contributed by atoms with E-state index in [1.54, 1.807) is 0 Å². The Bertz CT molecular complexity index is 207. The third kappa shape index (κ3) is 1.76. The van der Waals surface area contributed by atoms with Crippen LogP contribution in [0.2, 0.25) is 0 Å². The molecule has 0 aromatic heterocycles. The first-order valence-electron chi connectivity index (χ1n) is 4.24. The third-order valence-electron chi connectivity index (χ3n) is 2.52. The molecule has 1 saturated carbocycles. The van der Waals surface area contributed by atoms with E-state index in [1.807, 2.05) is 0 Å². The van der Waals surface area contributed by atoms with Gasteiger partial charge in [0.05, 0.1) is 19.1 Å². The zero-order valence-electron chi connectivity index (χ0n) is 7.25. The second-order valence-electron chi connectivity index (χ2n) is 3.18. The summed E-state index contributed by atoms with van der Waals surface area (Å²) in [5, 5.41) is 8.50. The summed E-state index contributed by atoms with van der Waals surface area (Å²) < 4.78 is 4.66. The molecule has 0 aliphatic heterocycles. The molecule has 2 atom stereocenters. The standard InChI is InChI=1S/C9H13NO2/c1-12-9(11)8-4-2-3-7(8)5-6-10/h7-8H,2-5H2,1H3/t7?,8-/m0/s1. The topological polar surface area (TPSA) is 50.1 Å². The van der Waals surface area contributed by atoms with Gasteiger partial charge in [0, 0.05) is 6.42 Å². The fourth-order valence-electron chi connectivity index (χ4n) is 1.86. The van der Waals surface area contributed by atoms with Crippen molar-refractivity contribution in [3.8, 4) is 6.07 Å². The van der Waals surface area contributed by atoms with E-state index in [1.165, 1.54) is 7.11 Å². The maximum atomic E-state index is 11.2. The average molecular weight is 167 g/mol. The molecule has 0 saturated heterocycles. The lowest BCUT2D eigenvalue weighted by atomic mass is 9.94. The molecule has 3 heteroatoms. The molecule has 0 aromatic carbocycles. The summed E-state index contributed by atoms with van der Waals surface area (Å²) in [4.78, 5) is 11.2. The van der Waals surface area contributed by atoms with E-state index in [2.05, 4.69) is 10.8 Å². The van der Waals surface area contributed by atoms with Crippen molar-refractivity contribution in [1.29, 1.82) is 5.26 Å². The number of rotatable bonds is 2. The van der Waals surface area contributed by atoms with Crippen molar-refractivity contribution in [2.24, 2.45) is 11.8 Å². The summed E-state index contributed by atoms with van der Waals surface area (Å²) in [5.74, 6) is 0.0739. The first-order valence-corrected chi connectivity index (χ1v) is 4.24. The maximum absolute atomic E-state index is 11.2. The SMILES string of the molecule is COC(=O)[C@H]1CCCC1CC#N. The molecule has 1 rings (SSSR count). The van der Waals surface area contributed by atoms with Crippen LogP contribution in [0, 0.1) is 23.2 Å². The van der Waals surface area contributed by atoms with E-state index < -0.39 is 0 Å². The molecule has 12 heavy (non-hydrogen) atoms. The molecule has 0 bridgehead atoms. The quantitative estimate of drug-likeness (QED) is 0.585. The van der Waals surface area contributed by atoms with Gasteiger partial charge in [-0.25, -0.2) is 0 Å². The van der Waals surface area contributed by atoms with Gasteiger partial charge in [-0.15, -0.1) is 0 Å². The van der Waals surface area contributed by atoms with E-state index >= 15 is 0 Å². The zero-order valence-corrected chi connectivity index (χ0v) is 7.25. The largest absolute Gasteiger partial charge is 0.469 e. The van der Waals surface area contributed by atoms with Crippen molar-refractivity contribution in [1.82, 2.24) is 0 Å². The minimum atomic E-state index is -0.146. The van der Waals surface area contributed by atoms with Crippen LogP contribution in [0.15, 0.2) is 0 Å². The molecule has 1 aliphatic rings. The van der Waals surface area contributed by atoms with Gasteiger partial charge in [-0.2, -0.15) is 5.26 Å². The van der Waals surface area contributed by atoms with Crippen LogP contribution >= 0.6 is 0 Å². The number of methoxy groups -OCH3 is 1. The molecule has 1 fully saturated rings. The van der Waals surface area contributed by atoms with Crippen LogP contribution in [0.3, 0.4) is 0 Å². The molecule has 0 amide bonds. The Labute approximate surface area is 72.3 Å². The summed E-state index contributed by atoms with van der Waals surface area (Å²) in [6.07, 6.45) is 3.41. The molecule has 0 heterocycles. The Hall–Kier alpha value is -1.04. The second-order valence-corrected chi connectivity index (χ2v) is 3.18. The van der Waals surface area contributed by atoms with Crippen molar-refractivity contribution in [2.75, 3.05) is 7.11 Å². The van der Waals surface area contributed by atoms with Crippen LogP contribution in [0.4, 0.5) is 0 Å². The minimum absolute atomic E-state index is 0.0188. The molecule has 1 aliphatic carbocycles. The van der Waals surface area contributed by atoms with Crippen molar-refractivity contribution in [3.63, 3.8) is 0 Å². The fourth-order valence-corrected chi connectivity index (χ4v) is 1.86. The van der Waals surface area contributed by atoms with Crippen molar-refractivity contribution in [3.05, 3.63) is 0 Å². The molecular formula is C9H13NO2. The van der Waals surface area contributed by atoms with E-state index in [9.17, 15) is 4.79 Å². The van der Waals surface area contributed by atoms with Gasteiger partial charge in [0.2, 0.25) is 0 Å². The smallest absolute Gasteiger partial charge is 0.308 e. The van der Waals surface area contributed by atoms with Crippen molar-refractivity contribution < 1.29 is 9.53 Å². The Kier molecular flexibility index (Phi) is 3.09. The van der Waals surface area contributed by atoms with E-state index in [-0.39, 0.29) is 17.8 Å². The molecule has 0 aromatic rings. The fraction of sp³-hybridized carbons (Fsp3) is 0.778. The Morgan fingerprint density at radius 1 is 1.67 bits per heavy atom. The molecule has 0 radical (unpaired) electrons. The van der Waals surface area contributed by atoms with Crippen LogP contribution in [-0.4, -0.2) is 13.1 Å². The lowest BCUT2D eigenvalue weighted by Gasteiger charge is -2.13. The van der Waals surface area contributed by atoms with Gasteiger partial charge in [0.15, 0.2) is 0 Å². The molecule has 0 spiro atoms. The first-order chi connectivity index (χ1) is 5.79. The predicted molar refractivity (Wildman–Crippen MR) is 43.1 cm³/mol. The Morgan fingerprint density at radius 2 is 2.42 bits per heavy atom. The van der Waals surface area contributed by atoms with Gasteiger partial charge in [0.25, 0.3) is 0 Å². The third-order valence-corrected chi connectivity index (χ3v) is 2.52. The maximum Gasteiger partial charge on any atom is 0.308 e. The highest BCUT2D eigenvalue weighted by atomic mass is 16.5. The normalized spacial score (nSPS) is 28.0. The van der Waals surface area contributed by atoms with E-state index in [4.69, 9.17) is 5.26 Å².